The number of benzene rings is 2. The van der Waals surface area contributed by atoms with Gasteiger partial charge in [-0.3, -0.25) is 4.79 Å². The number of aromatic nitrogens is 2. The van der Waals surface area contributed by atoms with Crippen molar-refractivity contribution in [3.05, 3.63) is 71.9 Å². The van der Waals surface area contributed by atoms with Gasteiger partial charge in [0.2, 0.25) is 0 Å². The smallest absolute Gasteiger partial charge is 0.262 e. The molecule has 1 atom stereocenters. The highest BCUT2D eigenvalue weighted by Gasteiger charge is 2.29. The molecule has 8 nitrogen and oxygen atoms in total. The third-order valence-corrected chi connectivity index (χ3v) is 7.36. The molecule has 2 aromatic carbocycles. The van der Waals surface area contributed by atoms with E-state index in [0.717, 1.165) is 23.4 Å². The van der Waals surface area contributed by atoms with Crippen LogP contribution in [0.15, 0.2) is 66.4 Å². The van der Waals surface area contributed by atoms with Gasteiger partial charge < -0.3 is 10.1 Å². The summed E-state index contributed by atoms with van der Waals surface area (Å²) in [5, 5.41) is 17.1. The van der Waals surface area contributed by atoms with Crippen LogP contribution in [0.25, 0.3) is 23.0 Å². The first-order chi connectivity index (χ1) is 16.9. The Morgan fingerprint density at radius 1 is 1.23 bits per heavy atom. The number of hydrogen-bond acceptors (Lipinski definition) is 6. The van der Waals surface area contributed by atoms with Gasteiger partial charge >= 0.3 is 0 Å². The molecule has 0 unspecified atom stereocenters. The lowest BCUT2D eigenvalue weighted by molar-refractivity contribution is -0.117. The molecule has 3 aromatic rings. The summed E-state index contributed by atoms with van der Waals surface area (Å²) in [6.45, 7) is 2.66. The average molecular weight is 491 g/mol. The van der Waals surface area contributed by atoms with Gasteiger partial charge in [-0.05, 0) is 55.3 Å². The fourth-order valence-corrected chi connectivity index (χ4v) is 5.51. The predicted molar refractivity (Wildman–Crippen MR) is 134 cm³/mol. The number of amides is 1. The lowest BCUT2D eigenvalue weighted by Gasteiger charge is -2.10. The lowest BCUT2D eigenvalue weighted by atomic mass is 10.1. The average Bonchev–Trinajstić information content (AvgIpc) is 3.44. The van der Waals surface area contributed by atoms with Gasteiger partial charge in [0.15, 0.2) is 9.84 Å². The summed E-state index contributed by atoms with van der Waals surface area (Å²) in [6.07, 6.45) is 4.50. The van der Waals surface area contributed by atoms with Gasteiger partial charge in [-0.15, -0.1) is 0 Å². The van der Waals surface area contributed by atoms with E-state index in [2.05, 4.69) is 5.32 Å². The summed E-state index contributed by atoms with van der Waals surface area (Å²) in [5.74, 6) is 0.0754. The van der Waals surface area contributed by atoms with Crippen molar-refractivity contribution < 1.29 is 17.9 Å². The first-order valence-corrected chi connectivity index (χ1v) is 13.2. The van der Waals surface area contributed by atoms with Crippen LogP contribution in [0.4, 0.5) is 0 Å². The zero-order valence-electron chi connectivity index (χ0n) is 19.3. The summed E-state index contributed by atoms with van der Waals surface area (Å²) in [7, 11) is -3.15. The molecule has 0 radical (unpaired) electrons. The summed E-state index contributed by atoms with van der Waals surface area (Å²) >= 11 is 0. The molecule has 1 aromatic heterocycles. The summed E-state index contributed by atoms with van der Waals surface area (Å²) < 4.78 is 30.8. The summed E-state index contributed by atoms with van der Waals surface area (Å²) in [4.78, 5) is 12.8. The van der Waals surface area contributed by atoms with Crippen LogP contribution in [-0.4, -0.2) is 48.3 Å². The van der Waals surface area contributed by atoms with Crippen LogP contribution in [0.1, 0.15) is 25.3 Å². The van der Waals surface area contributed by atoms with Crippen molar-refractivity contribution in [1.29, 1.82) is 5.26 Å². The molecular formula is C26H26N4O4S. The van der Waals surface area contributed by atoms with Crippen molar-refractivity contribution in [3.8, 4) is 28.8 Å². The molecule has 4 rings (SSSR count). The van der Waals surface area contributed by atoms with E-state index in [1.807, 2.05) is 67.6 Å². The Hall–Kier alpha value is -3.90. The van der Waals surface area contributed by atoms with Gasteiger partial charge in [0.05, 0.1) is 29.5 Å². The topological polar surface area (TPSA) is 114 Å². The van der Waals surface area contributed by atoms with Crippen LogP contribution in [0, 0.1) is 11.3 Å². The minimum absolute atomic E-state index is 0.0372. The molecule has 1 fully saturated rings. The number of carbonyl (C=O) groups excluding carboxylic acids is 1. The van der Waals surface area contributed by atoms with Crippen molar-refractivity contribution in [2.75, 3.05) is 18.1 Å². The van der Waals surface area contributed by atoms with Gasteiger partial charge in [-0.1, -0.05) is 25.1 Å². The Morgan fingerprint density at radius 2 is 1.97 bits per heavy atom. The van der Waals surface area contributed by atoms with E-state index in [4.69, 9.17) is 9.84 Å². The molecule has 1 aliphatic rings. The number of hydrogen-bond donors (Lipinski definition) is 1. The molecule has 0 bridgehead atoms. The maximum Gasteiger partial charge on any atom is 0.262 e. The van der Waals surface area contributed by atoms with Gasteiger partial charge in [0.25, 0.3) is 5.91 Å². The number of carbonyl (C=O) groups is 1. The standard InChI is InChI=1S/C26H26N4O4S/c1-2-13-34-24-10-8-19(9-11-24)25-21(17-30(29-25)23-6-4-3-5-7-23)15-20(16-27)26(31)28-22-12-14-35(32,33)18-22/h3-11,15,17,22H,2,12-14,18H2,1H3,(H,28,31)/b20-15-/t22-/m0/s1. The van der Waals surface area contributed by atoms with Crippen LogP contribution in [0.2, 0.25) is 0 Å². The molecule has 1 aliphatic heterocycles. The Morgan fingerprint density at radius 3 is 2.60 bits per heavy atom. The summed E-state index contributed by atoms with van der Waals surface area (Å²) in [6, 6.07) is 18.5. The second kappa shape index (κ2) is 10.6. The Labute approximate surface area is 204 Å². The molecule has 2 heterocycles. The Kier molecular flexibility index (Phi) is 7.32. The van der Waals surface area contributed by atoms with Gasteiger partial charge in [-0.2, -0.15) is 10.4 Å². The van der Waals surface area contributed by atoms with Crippen molar-refractivity contribution >= 4 is 21.8 Å². The second-order valence-electron chi connectivity index (χ2n) is 8.33. The Bertz CT molecular complexity index is 1370. The van der Waals surface area contributed by atoms with Crippen LogP contribution in [-0.2, 0) is 14.6 Å². The van der Waals surface area contributed by atoms with Crippen LogP contribution in [0.3, 0.4) is 0 Å². The van der Waals surface area contributed by atoms with Crippen LogP contribution < -0.4 is 10.1 Å². The Balaban J connectivity index is 1.68. The molecule has 0 spiro atoms. The van der Waals surface area contributed by atoms with Crippen LogP contribution in [0.5, 0.6) is 5.75 Å². The van der Waals surface area contributed by atoms with E-state index in [0.29, 0.717) is 24.3 Å². The number of sulfone groups is 1. The van der Waals surface area contributed by atoms with E-state index < -0.39 is 21.8 Å². The largest absolute Gasteiger partial charge is 0.494 e. The molecule has 0 aliphatic carbocycles. The fourth-order valence-electron chi connectivity index (χ4n) is 3.84. The van der Waals surface area contributed by atoms with Gasteiger partial charge in [-0.25, -0.2) is 13.1 Å². The molecular weight excluding hydrogens is 464 g/mol. The fraction of sp³-hybridized carbons (Fsp3) is 0.269. The molecule has 1 N–H and O–H groups in total. The van der Waals surface area contributed by atoms with E-state index in [1.165, 1.54) is 6.08 Å². The minimum Gasteiger partial charge on any atom is -0.494 e. The highest BCUT2D eigenvalue weighted by atomic mass is 32.2. The molecule has 1 saturated heterocycles. The van der Waals surface area contributed by atoms with Gasteiger partial charge in [0, 0.05) is 23.4 Å². The number of rotatable bonds is 8. The SMILES string of the molecule is CCCOc1ccc(-c2nn(-c3ccccc3)cc2/C=C(/C#N)C(=O)N[C@H]2CCS(=O)(=O)C2)cc1. The zero-order chi connectivity index (χ0) is 24.8. The molecule has 9 heteroatoms. The number of ether oxygens (including phenoxy) is 1. The molecule has 0 saturated carbocycles. The third-order valence-electron chi connectivity index (χ3n) is 5.60. The molecule has 1 amide bonds. The predicted octanol–water partition coefficient (Wildman–Crippen LogP) is 3.54. The maximum atomic E-state index is 12.8. The number of para-hydroxylation sites is 1. The quantitative estimate of drug-likeness (QED) is 0.382. The number of nitrogens with zero attached hydrogens (tertiary/aromatic N) is 3. The van der Waals surface area contributed by atoms with E-state index >= 15 is 0 Å². The highest BCUT2D eigenvalue weighted by Crippen LogP contribution is 2.28. The van der Waals surface area contributed by atoms with Crippen molar-refractivity contribution in [3.63, 3.8) is 0 Å². The molecule has 35 heavy (non-hydrogen) atoms. The number of nitriles is 1. The minimum atomic E-state index is -3.15. The first-order valence-electron chi connectivity index (χ1n) is 11.4. The third kappa shape index (κ3) is 5.97. The number of nitrogens with one attached hydrogen (secondary N) is 1. The van der Waals surface area contributed by atoms with E-state index in [9.17, 15) is 18.5 Å². The van der Waals surface area contributed by atoms with Crippen molar-refractivity contribution in [1.82, 2.24) is 15.1 Å². The summed E-state index contributed by atoms with van der Waals surface area (Å²) in [5.41, 5.74) is 2.69. The zero-order valence-corrected chi connectivity index (χ0v) is 20.2. The van der Waals surface area contributed by atoms with Crippen molar-refractivity contribution in [2.45, 2.75) is 25.8 Å². The second-order valence-corrected chi connectivity index (χ2v) is 10.6. The van der Waals surface area contributed by atoms with Crippen molar-refractivity contribution in [2.24, 2.45) is 0 Å². The maximum absolute atomic E-state index is 12.8. The van der Waals surface area contributed by atoms with Gasteiger partial charge in [0.1, 0.15) is 17.4 Å². The van der Waals surface area contributed by atoms with Crippen LogP contribution >= 0.6 is 0 Å². The lowest BCUT2D eigenvalue weighted by Crippen LogP contribution is -2.36. The molecule has 180 valence electrons. The first kappa shape index (κ1) is 24.2. The normalized spacial score (nSPS) is 17.0. The van der Waals surface area contributed by atoms with E-state index in [-0.39, 0.29) is 17.1 Å². The highest BCUT2D eigenvalue weighted by molar-refractivity contribution is 7.91. The monoisotopic (exact) mass is 490 g/mol. The van der Waals surface area contributed by atoms with E-state index in [1.54, 1.807) is 10.9 Å².